The highest BCUT2D eigenvalue weighted by Crippen LogP contribution is 2.29. The summed E-state index contributed by atoms with van der Waals surface area (Å²) < 4.78 is 39.9. The zero-order chi connectivity index (χ0) is 17.0. The molecule has 124 valence electrons. The van der Waals surface area contributed by atoms with Crippen molar-refractivity contribution in [1.29, 1.82) is 0 Å². The lowest BCUT2D eigenvalue weighted by atomic mass is 10.1. The molecule has 0 aliphatic carbocycles. The van der Waals surface area contributed by atoms with E-state index in [4.69, 9.17) is 0 Å². The van der Waals surface area contributed by atoms with Gasteiger partial charge in [-0.25, -0.2) is 0 Å². The fraction of sp³-hybridized carbons (Fsp3) is 0.400. The molecule has 2 rings (SSSR count). The second-order valence-corrected chi connectivity index (χ2v) is 5.16. The Morgan fingerprint density at radius 2 is 2.13 bits per heavy atom. The van der Waals surface area contributed by atoms with Crippen molar-refractivity contribution in [1.82, 2.24) is 20.1 Å². The van der Waals surface area contributed by atoms with Gasteiger partial charge in [-0.05, 0) is 31.5 Å². The molecular formula is C15H17F3N4O. The Morgan fingerprint density at radius 1 is 1.39 bits per heavy atom. The van der Waals surface area contributed by atoms with E-state index in [1.807, 2.05) is 6.92 Å². The lowest BCUT2D eigenvalue weighted by Gasteiger charge is -2.15. The molecule has 8 heteroatoms. The minimum absolute atomic E-state index is 0.0479. The van der Waals surface area contributed by atoms with Crippen LogP contribution >= 0.6 is 0 Å². The Hall–Kier alpha value is -2.38. The van der Waals surface area contributed by atoms with Crippen LogP contribution in [0, 0.1) is 0 Å². The van der Waals surface area contributed by atoms with Crippen LogP contribution in [0.25, 0.3) is 0 Å². The molecule has 1 unspecified atom stereocenters. The van der Waals surface area contributed by atoms with Crippen molar-refractivity contribution in [3.05, 3.63) is 47.5 Å². The molecular weight excluding hydrogens is 309 g/mol. The Bertz CT molecular complexity index is 681. The number of rotatable bonds is 5. The molecule has 1 heterocycles. The molecule has 0 spiro atoms. The lowest BCUT2D eigenvalue weighted by Crippen LogP contribution is -2.29. The second kappa shape index (κ2) is 6.80. The summed E-state index contributed by atoms with van der Waals surface area (Å²) in [6.45, 7) is 4.41. The number of alkyl halides is 3. The topological polar surface area (TPSA) is 59.8 Å². The van der Waals surface area contributed by atoms with Crippen LogP contribution in [0.5, 0.6) is 0 Å². The van der Waals surface area contributed by atoms with E-state index >= 15 is 0 Å². The van der Waals surface area contributed by atoms with Gasteiger partial charge in [0.1, 0.15) is 6.33 Å². The molecule has 1 aromatic heterocycles. The van der Waals surface area contributed by atoms with E-state index in [1.165, 1.54) is 12.1 Å². The zero-order valence-electron chi connectivity index (χ0n) is 12.8. The number of halogens is 3. The first-order chi connectivity index (χ1) is 10.8. The number of benzene rings is 1. The van der Waals surface area contributed by atoms with Crippen molar-refractivity contribution < 1.29 is 18.0 Å². The Labute approximate surface area is 131 Å². The van der Waals surface area contributed by atoms with Crippen molar-refractivity contribution >= 4 is 5.91 Å². The van der Waals surface area contributed by atoms with E-state index in [2.05, 4.69) is 15.5 Å². The molecule has 23 heavy (non-hydrogen) atoms. The molecule has 2 aromatic rings. The number of aryl methyl sites for hydroxylation is 1. The molecule has 0 aliphatic heterocycles. The van der Waals surface area contributed by atoms with Crippen molar-refractivity contribution in [2.45, 2.75) is 39.0 Å². The van der Waals surface area contributed by atoms with Crippen LogP contribution in [0.4, 0.5) is 13.2 Å². The summed E-state index contributed by atoms with van der Waals surface area (Å²) in [5.41, 5.74) is -0.903. The van der Waals surface area contributed by atoms with Gasteiger partial charge in [0.2, 0.25) is 0 Å². The van der Waals surface area contributed by atoms with Crippen LogP contribution in [0.1, 0.15) is 48.1 Å². The van der Waals surface area contributed by atoms with Gasteiger partial charge >= 0.3 is 6.18 Å². The number of carbonyl (C=O) groups excluding carboxylic acids is 1. The van der Waals surface area contributed by atoms with Crippen LogP contribution in [0.3, 0.4) is 0 Å². The van der Waals surface area contributed by atoms with E-state index in [1.54, 1.807) is 17.8 Å². The summed E-state index contributed by atoms with van der Waals surface area (Å²) in [4.78, 5) is 12.2. The van der Waals surface area contributed by atoms with Gasteiger partial charge in [0, 0.05) is 12.1 Å². The predicted octanol–water partition coefficient (Wildman–Crippen LogP) is 3.20. The number of aromatic nitrogens is 3. The van der Waals surface area contributed by atoms with Crippen molar-refractivity contribution in [2.75, 3.05) is 0 Å². The van der Waals surface area contributed by atoms with Crippen LogP contribution in [0.15, 0.2) is 30.6 Å². The highest BCUT2D eigenvalue weighted by atomic mass is 19.4. The molecule has 0 saturated heterocycles. The van der Waals surface area contributed by atoms with Gasteiger partial charge in [-0.2, -0.15) is 13.2 Å². The maximum absolute atomic E-state index is 12.7. The number of hydrogen-bond donors (Lipinski definition) is 1. The first kappa shape index (κ1) is 17.0. The van der Waals surface area contributed by atoms with Gasteiger partial charge in [0.25, 0.3) is 5.91 Å². The molecule has 0 aliphatic rings. The zero-order valence-corrected chi connectivity index (χ0v) is 12.8. The smallest absolute Gasteiger partial charge is 0.342 e. The maximum atomic E-state index is 12.7. The molecule has 5 nitrogen and oxygen atoms in total. The maximum Gasteiger partial charge on any atom is 0.416 e. The molecule has 1 amide bonds. The SMILES string of the molecule is CCCn1cnnc1C(C)NC(=O)c1cccc(C(F)(F)F)c1. The highest BCUT2D eigenvalue weighted by molar-refractivity contribution is 5.94. The number of nitrogens with zero attached hydrogens (tertiary/aromatic N) is 3. The van der Waals surface area contributed by atoms with Gasteiger partial charge < -0.3 is 9.88 Å². The lowest BCUT2D eigenvalue weighted by molar-refractivity contribution is -0.137. The molecule has 0 radical (unpaired) electrons. The first-order valence-electron chi connectivity index (χ1n) is 7.18. The summed E-state index contributed by atoms with van der Waals surface area (Å²) in [6, 6.07) is 3.85. The van der Waals surface area contributed by atoms with Crippen LogP contribution in [0.2, 0.25) is 0 Å². The normalized spacial score (nSPS) is 12.9. The standard InChI is InChI=1S/C15H17F3N4O/c1-3-7-22-9-19-21-13(22)10(2)20-14(23)11-5-4-6-12(8-11)15(16,17)18/h4-6,8-10H,3,7H2,1-2H3,(H,20,23). The van der Waals surface area contributed by atoms with E-state index in [-0.39, 0.29) is 5.56 Å². The minimum atomic E-state index is -4.48. The van der Waals surface area contributed by atoms with Gasteiger partial charge in [0.15, 0.2) is 5.82 Å². The summed E-state index contributed by atoms with van der Waals surface area (Å²) in [5.74, 6) is -0.0261. The number of hydrogen-bond acceptors (Lipinski definition) is 3. The second-order valence-electron chi connectivity index (χ2n) is 5.16. The number of nitrogens with one attached hydrogen (secondary N) is 1. The van der Waals surface area contributed by atoms with Gasteiger partial charge in [0.05, 0.1) is 11.6 Å². The molecule has 0 saturated carbocycles. The van der Waals surface area contributed by atoms with Gasteiger partial charge in [-0.1, -0.05) is 13.0 Å². The molecule has 0 fully saturated rings. The van der Waals surface area contributed by atoms with E-state index in [0.29, 0.717) is 12.4 Å². The summed E-state index contributed by atoms with van der Waals surface area (Å²) in [7, 11) is 0. The summed E-state index contributed by atoms with van der Waals surface area (Å²) >= 11 is 0. The molecule has 1 aromatic carbocycles. The molecule has 0 bridgehead atoms. The van der Waals surface area contributed by atoms with Crippen molar-refractivity contribution in [3.63, 3.8) is 0 Å². The largest absolute Gasteiger partial charge is 0.416 e. The quantitative estimate of drug-likeness (QED) is 0.918. The van der Waals surface area contributed by atoms with E-state index < -0.39 is 23.7 Å². The van der Waals surface area contributed by atoms with Crippen LogP contribution in [-0.4, -0.2) is 20.7 Å². The Kier molecular flexibility index (Phi) is 5.02. The molecule has 1 atom stereocenters. The Morgan fingerprint density at radius 3 is 2.78 bits per heavy atom. The minimum Gasteiger partial charge on any atom is -0.342 e. The first-order valence-corrected chi connectivity index (χ1v) is 7.18. The van der Waals surface area contributed by atoms with Crippen LogP contribution < -0.4 is 5.32 Å². The van der Waals surface area contributed by atoms with Crippen LogP contribution in [-0.2, 0) is 12.7 Å². The number of amides is 1. The highest BCUT2D eigenvalue weighted by Gasteiger charge is 2.31. The fourth-order valence-corrected chi connectivity index (χ4v) is 2.19. The van der Waals surface area contributed by atoms with E-state index in [0.717, 1.165) is 18.6 Å². The Balaban J connectivity index is 2.14. The average molecular weight is 326 g/mol. The molecule has 1 N–H and O–H groups in total. The fourth-order valence-electron chi connectivity index (χ4n) is 2.19. The third kappa shape index (κ3) is 4.08. The van der Waals surface area contributed by atoms with E-state index in [9.17, 15) is 18.0 Å². The third-order valence-electron chi connectivity index (χ3n) is 3.30. The predicted molar refractivity (Wildman–Crippen MR) is 77.6 cm³/mol. The number of carbonyl (C=O) groups is 1. The van der Waals surface area contributed by atoms with Gasteiger partial charge in [-0.3, -0.25) is 4.79 Å². The third-order valence-corrected chi connectivity index (χ3v) is 3.30. The summed E-state index contributed by atoms with van der Waals surface area (Å²) in [6.07, 6.45) is -2.05. The van der Waals surface area contributed by atoms with Gasteiger partial charge in [-0.15, -0.1) is 10.2 Å². The monoisotopic (exact) mass is 326 g/mol. The van der Waals surface area contributed by atoms with Crippen molar-refractivity contribution in [2.24, 2.45) is 0 Å². The summed E-state index contributed by atoms with van der Waals surface area (Å²) in [5, 5.41) is 10.4. The van der Waals surface area contributed by atoms with Crippen molar-refractivity contribution in [3.8, 4) is 0 Å². The average Bonchev–Trinajstić information content (AvgIpc) is 2.95.